The fourth-order valence-corrected chi connectivity index (χ4v) is 0. The van der Waals surface area contributed by atoms with Gasteiger partial charge in [-0.05, 0) is 0 Å². The molecule has 0 bridgehead atoms. The SMILES string of the molecule is [Ag].[InH3].[O]=[SnH][InH2].[O]=[Sn]. The zero-order valence-electron chi connectivity index (χ0n) is 3.20. The zero-order valence-corrected chi connectivity index (χ0v) is 16.5. The minimum absolute atomic E-state index is 0. The standard InChI is InChI=1S/Ag.2In.2O.2Sn.6H. The first kappa shape index (κ1) is 22.4. The average Bonchev–Trinajstić information content (AvgIpc) is 1.46. The van der Waals surface area contributed by atoms with E-state index >= 15 is 0 Å². The van der Waals surface area contributed by atoms with Gasteiger partial charge < -0.3 is 0 Å². The molecule has 0 saturated heterocycles. The van der Waals surface area contributed by atoms with Crippen LogP contribution in [0.1, 0.15) is 0 Å². The molecule has 0 aliphatic rings. The number of hydrogen-bond donors (Lipinski definition) is 0. The van der Waals surface area contributed by atoms with Gasteiger partial charge in [-0.3, -0.25) is 0 Å². The Kier molecular flexibility index (Phi) is 107. The fraction of sp³-hybridized carbons (Fsp3) is 0. The summed E-state index contributed by atoms with van der Waals surface area (Å²) < 4.78 is 17.6. The van der Waals surface area contributed by atoms with Crippen LogP contribution >= 0.6 is 0 Å². The molecule has 0 fully saturated rings. The molecule has 0 aromatic heterocycles. The van der Waals surface area contributed by atoms with Gasteiger partial charge in [0.05, 0.1) is 0 Å². The van der Waals surface area contributed by atoms with Crippen LogP contribution in [-0.4, -0.2) is 85.3 Å². The molecule has 0 unspecified atom stereocenters. The van der Waals surface area contributed by atoms with Crippen LogP contribution < -0.4 is 0 Å². The first-order valence-electron chi connectivity index (χ1n) is 1.02. The zero-order chi connectivity index (χ0) is 4.71. The Morgan fingerprint density at radius 2 is 1.43 bits per heavy atom. The molecule has 7 heavy (non-hydrogen) atoms. The molecular formula is H6AgIn2O2Sn2. The van der Waals surface area contributed by atoms with E-state index in [1.165, 1.54) is 0 Å². The van der Waals surface area contributed by atoms with E-state index in [4.69, 9.17) is 3.08 Å². The molecule has 0 amide bonds. The maximum absolute atomic E-state index is 9.21. The van der Waals surface area contributed by atoms with Gasteiger partial charge in [0, 0.05) is 22.4 Å². The van der Waals surface area contributed by atoms with Crippen LogP contribution in [0, 0.1) is 0 Å². The Morgan fingerprint density at radius 3 is 1.43 bits per heavy atom. The molecule has 0 N–H and O–H groups in total. The van der Waals surface area contributed by atoms with Crippen molar-refractivity contribution in [3.8, 4) is 0 Å². The van der Waals surface area contributed by atoms with Crippen molar-refractivity contribution in [3.63, 3.8) is 0 Å². The van der Waals surface area contributed by atoms with Crippen molar-refractivity contribution in [2.45, 2.75) is 0 Å². The molecule has 0 aliphatic carbocycles. The van der Waals surface area contributed by atoms with Gasteiger partial charge in [0.1, 0.15) is 0 Å². The van der Waals surface area contributed by atoms with Gasteiger partial charge >= 0.3 is 91.4 Å². The Labute approximate surface area is 111 Å². The second-order valence-electron chi connectivity index (χ2n) is 0.236. The van der Waals surface area contributed by atoms with Crippen LogP contribution in [0.15, 0.2) is 0 Å². The summed E-state index contributed by atoms with van der Waals surface area (Å²) in [5, 5.41) is 0. The van der Waals surface area contributed by atoms with Crippen molar-refractivity contribution in [3.05, 3.63) is 0 Å². The summed E-state index contributed by atoms with van der Waals surface area (Å²) in [6.45, 7) is 0. The molecule has 43 valence electrons. The Hall–Kier alpha value is 3.68. The van der Waals surface area contributed by atoms with Crippen molar-refractivity contribution in [2.24, 2.45) is 0 Å². The van der Waals surface area contributed by atoms with Gasteiger partial charge in [-0.1, -0.05) is 0 Å². The summed E-state index contributed by atoms with van der Waals surface area (Å²) in [5.41, 5.74) is 0. The van der Waals surface area contributed by atoms with Crippen LogP contribution in [0.4, 0.5) is 0 Å². The molecule has 0 spiro atoms. The number of hydrogen-bond acceptors (Lipinski definition) is 2. The fourth-order valence-electron chi connectivity index (χ4n) is 0. The number of rotatable bonds is 0. The monoisotopic (exact) mass is 615 g/mol. The molecule has 0 rings (SSSR count). The van der Waals surface area contributed by atoms with E-state index in [1.54, 1.807) is 0 Å². The van der Waals surface area contributed by atoms with Crippen LogP contribution in [0.5, 0.6) is 0 Å². The summed E-state index contributed by atoms with van der Waals surface area (Å²) in [4.78, 5) is 0. The van der Waals surface area contributed by atoms with Crippen molar-refractivity contribution >= 4 is 85.3 Å². The van der Waals surface area contributed by atoms with Crippen molar-refractivity contribution < 1.29 is 28.5 Å². The molecule has 3 radical (unpaired) electrons. The Bertz CT molecular complexity index is 27.7. The third-order valence-corrected chi connectivity index (χ3v) is 0. The summed E-state index contributed by atoms with van der Waals surface area (Å²) in [7, 11) is 0. The van der Waals surface area contributed by atoms with Gasteiger partial charge in [-0.15, -0.1) is 0 Å². The Morgan fingerprint density at radius 1 is 1.43 bits per heavy atom. The quantitative estimate of drug-likeness (QED) is 0.268. The molecule has 0 heterocycles. The van der Waals surface area contributed by atoms with Gasteiger partial charge in [-0.2, -0.15) is 0 Å². The van der Waals surface area contributed by atoms with E-state index < -0.39 is 16.7 Å². The first-order chi connectivity index (χ1) is 2.41. The molecule has 2 nitrogen and oxygen atoms in total. The van der Waals surface area contributed by atoms with E-state index in [2.05, 4.69) is 0 Å². The van der Waals surface area contributed by atoms with Crippen molar-refractivity contribution in [2.75, 3.05) is 0 Å². The topological polar surface area (TPSA) is 34.1 Å². The van der Waals surface area contributed by atoms with Gasteiger partial charge in [0.2, 0.25) is 0 Å². The van der Waals surface area contributed by atoms with E-state index in [-0.39, 0.29) is 48.2 Å². The predicted molar refractivity (Wildman–Crippen MR) is 32.8 cm³/mol. The van der Waals surface area contributed by atoms with Crippen LogP contribution in [0.2, 0.25) is 0 Å². The Balaban J connectivity index is -0.0000000105. The normalized spacial score (nSPS) is 2.29. The predicted octanol–water partition coefficient (Wildman–Crippen LogP) is -3.37. The molecule has 0 aromatic rings. The molecule has 0 saturated carbocycles. The van der Waals surface area contributed by atoms with Gasteiger partial charge in [-0.25, -0.2) is 0 Å². The second kappa shape index (κ2) is 33.3. The molecule has 0 aromatic carbocycles. The van der Waals surface area contributed by atoms with E-state index in [0.29, 0.717) is 42.7 Å². The summed E-state index contributed by atoms with van der Waals surface area (Å²) in [6, 6.07) is 0. The molecule has 7 heteroatoms. The third kappa shape index (κ3) is 42.2. The van der Waals surface area contributed by atoms with Gasteiger partial charge in [0.15, 0.2) is 0 Å². The van der Waals surface area contributed by atoms with Crippen LogP contribution in [-0.2, 0) is 28.5 Å². The summed E-state index contributed by atoms with van der Waals surface area (Å²) >= 11 is -0.0139. The average molecular weight is 613 g/mol. The van der Waals surface area contributed by atoms with Crippen LogP contribution in [0.25, 0.3) is 0 Å². The second-order valence-corrected chi connectivity index (χ2v) is 10.6. The summed E-state index contributed by atoms with van der Waals surface area (Å²) in [6.07, 6.45) is 0. The van der Waals surface area contributed by atoms with Crippen molar-refractivity contribution in [1.82, 2.24) is 0 Å². The first-order valence-corrected chi connectivity index (χ1v) is 28.9. The van der Waals surface area contributed by atoms with E-state index in [1.807, 2.05) is 0 Å². The third-order valence-electron chi connectivity index (χ3n) is 0. The molecular weight excluding hydrogens is 607 g/mol. The molecule has 0 atom stereocenters. The van der Waals surface area contributed by atoms with Gasteiger partial charge in [0.25, 0.3) is 0 Å². The summed E-state index contributed by atoms with van der Waals surface area (Å²) in [5.74, 6) is 0. The van der Waals surface area contributed by atoms with Crippen molar-refractivity contribution in [1.29, 1.82) is 0 Å². The molecule has 0 aliphatic heterocycles. The van der Waals surface area contributed by atoms with E-state index in [9.17, 15) is 3.08 Å². The van der Waals surface area contributed by atoms with Crippen LogP contribution in [0.3, 0.4) is 0 Å². The minimum atomic E-state index is -0.930. The van der Waals surface area contributed by atoms with E-state index in [0.717, 1.165) is 0 Å². The maximum atomic E-state index is 9.21.